The fourth-order valence-corrected chi connectivity index (χ4v) is 1.86. The van der Waals surface area contributed by atoms with Gasteiger partial charge >= 0.3 is 0 Å². The average molecular weight is 196 g/mol. The molecule has 68 valence electrons. The highest BCUT2D eigenvalue weighted by Crippen LogP contribution is 2.17. The van der Waals surface area contributed by atoms with Crippen LogP contribution in [0.2, 0.25) is 0 Å². The molecule has 0 unspecified atom stereocenters. The van der Waals surface area contributed by atoms with Gasteiger partial charge in [-0.1, -0.05) is 6.07 Å². The summed E-state index contributed by atoms with van der Waals surface area (Å²) in [5, 5.41) is 2.05. The van der Waals surface area contributed by atoms with E-state index in [0.29, 0.717) is 0 Å². The van der Waals surface area contributed by atoms with Crippen molar-refractivity contribution in [3.63, 3.8) is 0 Å². The molecule has 2 nitrogen and oxygen atoms in total. The molecule has 1 aliphatic rings. The Morgan fingerprint density at radius 1 is 1.54 bits per heavy atom. The van der Waals surface area contributed by atoms with E-state index in [1.807, 2.05) is 6.20 Å². The fraction of sp³-hybridized carbons (Fsp3) is 0.222. The van der Waals surface area contributed by atoms with E-state index in [9.17, 15) is 4.39 Å². The first kappa shape index (κ1) is 8.56. The van der Waals surface area contributed by atoms with Gasteiger partial charge in [-0.15, -0.1) is 11.8 Å². The second-order valence-electron chi connectivity index (χ2n) is 2.82. The third-order valence-corrected chi connectivity index (χ3v) is 2.58. The van der Waals surface area contributed by atoms with Crippen molar-refractivity contribution in [2.75, 3.05) is 5.88 Å². The molecule has 1 aromatic rings. The first-order valence-corrected chi connectivity index (χ1v) is 5.02. The molecule has 4 heteroatoms. The number of aromatic nitrogens is 1. The van der Waals surface area contributed by atoms with Gasteiger partial charge in [-0.05, 0) is 17.0 Å². The lowest BCUT2D eigenvalue weighted by atomic mass is 10.3. The van der Waals surface area contributed by atoms with Gasteiger partial charge in [0.15, 0.2) is 0 Å². The van der Waals surface area contributed by atoms with E-state index in [1.54, 1.807) is 24.0 Å². The molecule has 1 aromatic heterocycles. The van der Waals surface area contributed by atoms with Crippen molar-refractivity contribution in [3.8, 4) is 0 Å². The number of nitrogens with zero attached hydrogens (tertiary/aromatic N) is 2. The number of hydrogen-bond acceptors (Lipinski definition) is 3. The highest BCUT2D eigenvalue weighted by molar-refractivity contribution is 8.02. The van der Waals surface area contributed by atoms with Gasteiger partial charge in [0.1, 0.15) is 0 Å². The predicted octanol–water partition coefficient (Wildman–Crippen LogP) is 2.20. The van der Waals surface area contributed by atoms with E-state index in [1.165, 1.54) is 6.07 Å². The summed E-state index contributed by atoms with van der Waals surface area (Å²) in [6.07, 6.45) is 3.61. The molecule has 0 saturated carbocycles. The van der Waals surface area contributed by atoms with E-state index in [2.05, 4.69) is 15.3 Å². The molecular formula is C9H9FN2S. The van der Waals surface area contributed by atoms with Gasteiger partial charge in [-0.2, -0.15) is 4.39 Å². The van der Waals surface area contributed by atoms with Gasteiger partial charge in [-0.3, -0.25) is 0 Å². The maximum atomic E-state index is 12.5. The SMILES string of the molecule is Fc1ccc(CN2C=CSC2)cn1. The molecule has 1 aliphatic heterocycles. The zero-order chi connectivity index (χ0) is 9.10. The minimum absolute atomic E-state index is 0.421. The van der Waals surface area contributed by atoms with Gasteiger partial charge in [-0.25, -0.2) is 4.98 Å². The van der Waals surface area contributed by atoms with Crippen molar-refractivity contribution in [3.05, 3.63) is 41.4 Å². The third-order valence-electron chi connectivity index (χ3n) is 1.78. The van der Waals surface area contributed by atoms with Crippen molar-refractivity contribution >= 4 is 11.8 Å². The van der Waals surface area contributed by atoms with E-state index < -0.39 is 5.95 Å². The summed E-state index contributed by atoms with van der Waals surface area (Å²) in [5.74, 6) is 0.548. The summed E-state index contributed by atoms with van der Waals surface area (Å²) >= 11 is 1.76. The lowest BCUT2D eigenvalue weighted by molar-refractivity contribution is 0.439. The third kappa shape index (κ3) is 2.21. The summed E-state index contributed by atoms with van der Waals surface area (Å²) in [4.78, 5) is 5.75. The number of thioether (sulfide) groups is 1. The van der Waals surface area contributed by atoms with E-state index in [4.69, 9.17) is 0 Å². The lowest BCUT2D eigenvalue weighted by Crippen LogP contribution is -2.12. The second-order valence-corrected chi connectivity index (χ2v) is 3.68. The average Bonchev–Trinajstić information content (AvgIpc) is 2.62. The summed E-state index contributed by atoms with van der Waals surface area (Å²) in [6.45, 7) is 0.802. The van der Waals surface area contributed by atoms with Crippen molar-refractivity contribution in [2.45, 2.75) is 6.54 Å². The van der Waals surface area contributed by atoms with Gasteiger partial charge in [0, 0.05) is 18.9 Å². The zero-order valence-corrected chi connectivity index (χ0v) is 7.80. The topological polar surface area (TPSA) is 16.1 Å². The van der Waals surface area contributed by atoms with E-state index in [-0.39, 0.29) is 0 Å². The Bertz CT molecular complexity index is 310. The number of pyridine rings is 1. The Morgan fingerprint density at radius 3 is 3.08 bits per heavy atom. The number of halogens is 1. The van der Waals surface area contributed by atoms with Gasteiger partial charge in [0.25, 0.3) is 0 Å². The van der Waals surface area contributed by atoms with Crippen LogP contribution in [-0.2, 0) is 6.54 Å². The monoisotopic (exact) mass is 196 g/mol. The highest BCUT2D eigenvalue weighted by atomic mass is 32.2. The lowest BCUT2D eigenvalue weighted by Gasteiger charge is -2.13. The van der Waals surface area contributed by atoms with Crippen LogP contribution in [0, 0.1) is 5.95 Å². The molecule has 0 atom stereocenters. The fourth-order valence-electron chi connectivity index (χ4n) is 1.14. The molecule has 0 radical (unpaired) electrons. The molecule has 0 saturated heterocycles. The quantitative estimate of drug-likeness (QED) is 0.674. The predicted molar refractivity (Wildman–Crippen MR) is 51.3 cm³/mol. The summed E-state index contributed by atoms with van der Waals surface area (Å²) in [5.41, 5.74) is 1.04. The first-order valence-electron chi connectivity index (χ1n) is 3.97. The van der Waals surface area contributed by atoms with Crippen LogP contribution >= 0.6 is 11.8 Å². The smallest absolute Gasteiger partial charge is 0.212 e. The zero-order valence-electron chi connectivity index (χ0n) is 6.98. The maximum Gasteiger partial charge on any atom is 0.212 e. The van der Waals surface area contributed by atoms with Crippen LogP contribution in [0.25, 0.3) is 0 Å². The molecule has 2 rings (SSSR count). The Labute approximate surface area is 80.5 Å². The molecule has 0 N–H and O–H groups in total. The Hall–Kier alpha value is -1.03. The summed E-state index contributed by atoms with van der Waals surface area (Å²) in [6, 6.07) is 3.15. The Balaban J connectivity index is 2.01. The van der Waals surface area contributed by atoms with E-state index >= 15 is 0 Å². The van der Waals surface area contributed by atoms with Crippen molar-refractivity contribution < 1.29 is 4.39 Å². The molecule has 0 fully saturated rings. The van der Waals surface area contributed by atoms with Crippen molar-refractivity contribution in [1.82, 2.24) is 9.88 Å². The summed E-state index contributed by atoms with van der Waals surface area (Å²) in [7, 11) is 0. The molecule has 0 spiro atoms. The molecule has 0 aromatic carbocycles. The van der Waals surface area contributed by atoms with Gasteiger partial charge in [0.05, 0.1) is 5.88 Å². The molecule has 13 heavy (non-hydrogen) atoms. The van der Waals surface area contributed by atoms with Crippen LogP contribution in [0.3, 0.4) is 0 Å². The highest BCUT2D eigenvalue weighted by Gasteiger charge is 2.05. The number of hydrogen-bond donors (Lipinski definition) is 0. The van der Waals surface area contributed by atoms with Crippen LogP contribution in [-0.4, -0.2) is 15.8 Å². The molecule has 2 heterocycles. The van der Waals surface area contributed by atoms with Gasteiger partial charge < -0.3 is 4.90 Å². The maximum absolute atomic E-state index is 12.5. The number of rotatable bonds is 2. The van der Waals surface area contributed by atoms with Crippen LogP contribution in [0.4, 0.5) is 4.39 Å². The Morgan fingerprint density at radius 2 is 2.46 bits per heavy atom. The normalized spacial score (nSPS) is 15.3. The molecular weight excluding hydrogens is 187 g/mol. The van der Waals surface area contributed by atoms with Crippen molar-refractivity contribution in [2.24, 2.45) is 0 Å². The first-order chi connectivity index (χ1) is 6.34. The van der Waals surface area contributed by atoms with Crippen LogP contribution in [0.15, 0.2) is 29.9 Å². The van der Waals surface area contributed by atoms with E-state index in [0.717, 1.165) is 18.0 Å². The Kier molecular flexibility index (Phi) is 2.49. The molecule has 0 amide bonds. The molecule has 0 aliphatic carbocycles. The minimum atomic E-state index is -0.421. The van der Waals surface area contributed by atoms with Crippen LogP contribution < -0.4 is 0 Å². The molecule has 0 bridgehead atoms. The largest absolute Gasteiger partial charge is 0.363 e. The van der Waals surface area contributed by atoms with Crippen LogP contribution in [0.1, 0.15) is 5.56 Å². The second kappa shape index (κ2) is 3.79. The van der Waals surface area contributed by atoms with Crippen LogP contribution in [0.5, 0.6) is 0 Å². The summed E-state index contributed by atoms with van der Waals surface area (Å²) < 4.78 is 12.5. The standard InChI is InChI=1S/C9H9FN2S/c10-9-2-1-8(5-11-9)6-12-3-4-13-7-12/h1-5H,6-7H2. The van der Waals surface area contributed by atoms with Gasteiger partial charge in [0.2, 0.25) is 5.95 Å². The van der Waals surface area contributed by atoms with Crippen molar-refractivity contribution in [1.29, 1.82) is 0 Å². The minimum Gasteiger partial charge on any atom is -0.363 e.